The second-order valence-corrected chi connectivity index (χ2v) is 6.38. The van der Waals surface area contributed by atoms with Crippen molar-refractivity contribution in [1.82, 2.24) is 0 Å². The fraction of sp³-hybridized carbons (Fsp3) is 0.0667. The Labute approximate surface area is 132 Å². The van der Waals surface area contributed by atoms with Crippen molar-refractivity contribution in [2.45, 2.75) is 4.90 Å². The smallest absolute Gasteiger partial charge is 0.263 e. The normalized spacial score (nSPS) is 13.3. The highest BCUT2D eigenvalue weighted by Crippen LogP contribution is 2.36. The Balaban J connectivity index is 2.03. The number of benzene rings is 2. The van der Waals surface area contributed by atoms with E-state index in [4.69, 9.17) is 10.00 Å². The minimum absolute atomic E-state index is 0.0325. The number of anilines is 2. The summed E-state index contributed by atoms with van der Waals surface area (Å²) in [5.41, 5.74) is 0.454. The number of nitriles is 1. The summed E-state index contributed by atoms with van der Waals surface area (Å²) in [6.07, 6.45) is 0. The molecule has 2 aromatic rings. The van der Waals surface area contributed by atoms with Gasteiger partial charge in [-0.1, -0.05) is 18.2 Å². The second kappa shape index (κ2) is 5.62. The average Bonchev–Trinajstić information content (AvgIpc) is 2.55. The molecule has 1 amide bonds. The molecule has 3 rings (SSSR count). The average molecular weight is 329 g/mol. The first-order chi connectivity index (χ1) is 11.0. The lowest BCUT2D eigenvalue weighted by atomic mass is 10.2. The lowest BCUT2D eigenvalue weighted by Gasteiger charge is -2.21. The Morgan fingerprint density at radius 3 is 2.74 bits per heavy atom. The summed E-state index contributed by atoms with van der Waals surface area (Å²) in [5.74, 6) is -0.0000544. The van der Waals surface area contributed by atoms with Gasteiger partial charge < -0.3 is 10.1 Å². The van der Waals surface area contributed by atoms with Gasteiger partial charge in [0.15, 0.2) is 6.61 Å². The first kappa shape index (κ1) is 14.9. The van der Waals surface area contributed by atoms with E-state index in [0.717, 1.165) is 0 Å². The molecular formula is C15H11N3O4S. The number of rotatable bonds is 3. The maximum atomic E-state index is 12.5. The summed E-state index contributed by atoms with van der Waals surface area (Å²) in [6.45, 7) is -0.125. The van der Waals surface area contributed by atoms with E-state index >= 15 is 0 Å². The highest BCUT2D eigenvalue weighted by atomic mass is 32.2. The standard InChI is InChI=1S/C15H11N3O4S/c16-8-10-4-1-2-7-13(10)23(20,21)18-11-5-3-6-12-15(11)17-14(19)9-22-12/h1-7,18H,9H2,(H,17,19). The molecule has 8 heteroatoms. The molecule has 23 heavy (non-hydrogen) atoms. The van der Waals surface area contributed by atoms with Crippen LogP contribution in [-0.4, -0.2) is 20.9 Å². The number of sulfonamides is 1. The van der Waals surface area contributed by atoms with Crippen LogP contribution in [0.3, 0.4) is 0 Å². The lowest BCUT2D eigenvalue weighted by molar-refractivity contribution is -0.118. The van der Waals surface area contributed by atoms with Crippen LogP contribution in [-0.2, 0) is 14.8 Å². The third kappa shape index (κ3) is 2.82. The van der Waals surface area contributed by atoms with Gasteiger partial charge in [-0.25, -0.2) is 8.42 Å². The maximum absolute atomic E-state index is 12.5. The Kier molecular flexibility index (Phi) is 3.64. The summed E-state index contributed by atoms with van der Waals surface area (Å²) >= 11 is 0. The number of fused-ring (bicyclic) bond motifs is 1. The second-order valence-electron chi connectivity index (χ2n) is 4.73. The molecule has 0 bridgehead atoms. The summed E-state index contributed by atoms with van der Waals surface area (Å²) in [6, 6.07) is 12.4. The quantitative estimate of drug-likeness (QED) is 0.891. The molecule has 116 valence electrons. The molecule has 0 radical (unpaired) electrons. The molecule has 2 N–H and O–H groups in total. The van der Waals surface area contributed by atoms with Crippen LogP contribution in [0.15, 0.2) is 47.4 Å². The summed E-state index contributed by atoms with van der Waals surface area (Å²) < 4.78 is 32.7. The van der Waals surface area contributed by atoms with Crippen LogP contribution in [0.4, 0.5) is 11.4 Å². The summed E-state index contributed by atoms with van der Waals surface area (Å²) in [5, 5.41) is 11.6. The van der Waals surface area contributed by atoms with Gasteiger partial charge in [0.25, 0.3) is 15.9 Å². The molecule has 1 aliphatic heterocycles. The molecule has 0 aromatic heterocycles. The minimum atomic E-state index is -3.99. The lowest BCUT2D eigenvalue weighted by Crippen LogP contribution is -2.26. The van der Waals surface area contributed by atoms with Gasteiger partial charge in [-0.05, 0) is 24.3 Å². The number of para-hydroxylation sites is 1. The molecule has 0 aliphatic carbocycles. The molecule has 0 atom stereocenters. The van der Waals surface area contributed by atoms with Gasteiger partial charge in [0.1, 0.15) is 22.4 Å². The van der Waals surface area contributed by atoms with Crippen LogP contribution in [0.2, 0.25) is 0 Å². The zero-order valence-corrected chi connectivity index (χ0v) is 12.6. The highest BCUT2D eigenvalue weighted by Gasteiger charge is 2.24. The monoisotopic (exact) mass is 329 g/mol. The Morgan fingerprint density at radius 2 is 1.96 bits per heavy atom. The maximum Gasteiger partial charge on any atom is 0.263 e. The molecule has 0 fully saturated rings. The number of nitrogens with zero attached hydrogens (tertiary/aromatic N) is 1. The van der Waals surface area contributed by atoms with Crippen molar-refractivity contribution < 1.29 is 17.9 Å². The van der Waals surface area contributed by atoms with Crippen LogP contribution in [0.5, 0.6) is 5.75 Å². The first-order valence-corrected chi connectivity index (χ1v) is 8.07. The van der Waals surface area contributed by atoms with Gasteiger partial charge in [-0.3, -0.25) is 9.52 Å². The predicted molar refractivity (Wildman–Crippen MR) is 82.5 cm³/mol. The van der Waals surface area contributed by atoms with Gasteiger partial charge in [-0.2, -0.15) is 5.26 Å². The molecule has 0 saturated heterocycles. The van der Waals surface area contributed by atoms with Crippen molar-refractivity contribution in [1.29, 1.82) is 5.26 Å². The van der Waals surface area contributed by atoms with Gasteiger partial charge in [0.2, 0.25) is 0 Å². The molecule has 1 heterocycles. The fourth-order valence-electron chi connectivity index (χ4n) is 2.18. The number of hydrogen-bond acceptors (Lipinski definition) is 5. The number of amides is 1. The third-order valence-corrected chi connectivity index (χ3v) is 4.61. The zero-order chi connectivity index (χ0) is 16.4. The largest absolute Gasteiger partial charge is 0.481 e. The van der Waals surface area contributed by atoms with Gasteiger partial charge in [-0.15, -0.1) is 0 Å². The van der Waals surface area contributed by atoms with Crippen molar-refractivity contribution >= 4 is 27.3 Å². The molecule has 2 aromatic carbocycles. The van der Waals surface area contributed by atoms with Crippen molar-refractivity contribution in [3.8, 4) is 11.8 Å². The number of ether oxygens (including phenoxy) is 1. The van der Waals surface area contributed by atoms with E-state index in [-0.39, 0.29) is 34.3 Å². The number of hydrogen-bond donors (Lipinski definition) is 2. The highest BCUT2D eigenvalue weighted by molar-refractivity contribution is 7.92. The van der Waals surface area contributed by atoms with E-state index in [1.54, 1.807) is 18.2 Å². The summed E-state index contributed by atoms with van der Waals surface area (Å²) in [4.78, 5) is 11.3. The Hall–Kier alpha value is -3.05. The van der Waals surface area contributed by atoms with Crippen molar-refractivity contribution in [2.75, 3.05) is 16.6 Å². The van der Waals surface area contributed by atoms with Gasteiger partial charge in [0.05, 0.1) is 11.3 Å². The minimum Gasteiger partial charge on any atom is -0.481 e. The Bertz CT molecular complexity index is 932. The number of nitrogens with one attached hydrogen (secondary N) is 2. The van der Waals surface area contributed by atoms with E-state index in [1.807, 2.05) is 6.07 Å². The van der Waals surface area contributed by atoms with E-state index in [0.29, 0.717) is 5.75 Å². The number of carbonyl (C=O) groups excluding carboxylic acids is 1. The van der Waals surface area contributed by atoms with Gasteiger partial charge >= 0.3 is 0 Å². The topological polar surface area (TPSA) is 108 Å². The summed E-state index contributed by atoms with van der Waals surface area (Å²) in [7, 11) is -3.99. The van der Waals surface area contributed by atoms with E-state index in [1.165, 1.54) is 24.3 Å². The van der Waals surface area contributed by atoms with Crippen LogP contribution < -0.4 is 14.8 Å². The third-order valence-electron chi connectivity index (χ3n) is 3.19. The zero-order valence-electron chi connectivity index (χ0n) is 11.7. The SMILES string of the molecule is N#Cc1ccccc1S(=O)(=O)Nc1cccc2c1NC(=O)CO2. The molecule has 0 unspecified atom stereocenters. The fourth-order valence-corrected chi connectivity index (χ4v) is 3.41. The Morgan fingerprint density at radius 1 is 1.17 bits per heavy atom. The predicted octanol–water partition coefficient (Wildman–Crippen LogP) is 1.69. The molecule has 0 spiro atoms. The van der Waals surface area contributed by atoms with E-state index in [9.17, 15) is 13.2 Å². The molecule has 1 aliphatic rings. The van der Waals surface area contributed by atoms with Crippen molar-refractivity contribution in [3.05, 3.63) is 48.0 Å². The molecule has 0 saturated carbocycles. The molecular weight excluding hydrogens is 318 g/mol. The van der Waals surface area contributed by atoms with Crippen LogP contribution in [0, 0.1) is 11.3 Å². The van der Waals surface area contributed by atoms with E-state index < -0.39 is 10.0 Å². The molecule has 7 nitrogen and oxygen atoms in total. The van der Waals surface area contributed by atoms with Gasteiger partial charge in [0, 0.05) is 0 Å². The van der Waals surface area contributed by atoms with Crippen LogP contribution in [0.1, 0.15) is 5.56 Å². The van der Waals surface area contributed by atoms with Crippen molar-refractivity contribution in [3.63, 3.8) is 0 Å². The number of carbonyl (C=O) groups is 1. The van der Waals surface area contributed by atoms with E-state index in [2.05, 4.69) is 10.0 Å². The van der Waals surface area contributed by atoms with Crippen molar-refractivity contribution in [2.24, 2.45) is 0 Å². The van der Waals surface area contributed by atoms with Crippen LogP contribution in [0.25, 0.3) is 0 Å². The first-order valence-electron chi connectivity index (χ1n) is 6.59. The van der Waals surface area contributed by atoms with Crippen LogP contribution >= 0.6 is 0 Å².